The molecule has 134 valence electrons. The van der Waals surface area contributed by atoms with E-state index in [4.69, 9.17) is 0 Å². The van der Waals surface area contributed by atoms with Gasteiger partial charge < -0.3 is 4.57 Å². The third-order valence-corrected chi connectivity index (χ3v) is 6.49. The number of hydrogen-bond donors (Lipinski definition) is 0. The van der Waals surface area contributed by atoms with Crippen molar-refractivity contribution >= 4 is 10.9 Å². The molecule has 3 heteroatoms. The molecular weight excluding hydrogens is 323 g/mol. The summed E-state index contributed by atoms with van der Waals surface area (Å²) in [5.41, 5.74) is 6.72. The second kappa shape index (κ2) is 5.95. The van der Waals surface area contributed by atoms with Crippen molar-refractivity contribution in [2.75, 3.05) is 7.05 Å². The fourth-order valence-corrected chi connectivity index (χ4v) is 5.19. The monoisotopic (exact) mass is 348 g/mol. The van der Waals surface area contributed by atoms with Crippen molar-refractivity contribution in [3.05, 3.63) is 70.7 Å². The smallest absolute Gasteiger partial charge is 0.123 e. The normalized spacial score (nSPS) is 22.1. The number of aromatic nitrogens is 1. The van der Waals surface area contributed by atoms with Gasteiger partial charge in [-0.2, -0.15) is 0 Å². The van der Waals surface area contributed by atoms with Crippen LogP contribution in [-0.2, 0) is 19.4 Å². The van der Waals surface area contributed by atoms with Crippen LogP contribution < -0.4 is 0 Å². The maximum atomic E-state index is 14.0. The summed E-state index contributed by atoms with van der Waals surface area (Å²) >= 11 is 0. The van der Waals surface area contributed by atoms with Gasteiger partial charge in [0.2, 0.25) is 0 Å². The van der Waals surface area contributed by atoms with E-state index in [0.717, 1.165) is 24.8 Å². The van der Waals surface area contributed by atoms with Gasteiger partial charge in [-0.1, -0.05) is 29.8 Å². The largest absolute Gasteiger partial charge is 0.344 e. The zero-order chi connectivity index (χ0) is 17.8. The highest BCUT2D eigenvalue weighted by Gasteiger charge is 2.40. The van der Waals surface area contributed by atoms with Gasteiger partial charge in [0.05, 0.1) is 0 Å². The van der Waals surface area contributed by atoms with Crippen LogP contribution in [0.15, 0.2) is 42.5 Å². The van der Waals surface area contributed by atoms with Crippen molar-refractivity contribution in [1.82, 2.24) is 9.47 Å². The topological polar surface area (TPSA) is 8.17 Å². The van der Waals surface area contributed by atoms with Crippen molar-refractivity contribution in [3.8, 4) is 0 Å². The van der Waals surface area contributed by atoms with Crippen LogP contribution >= 0.6 is 0 Å². The molecule has 2 aromatic carbocycles. The molecule has 0 amide bonds. The van der Waals surface area contributed by atoms with Gasteiger partial charge in [0.1, 0.15) is 5.82 Å². The van der Waals surface area contributed by atoms with Gasteiger partial charge >= 0.3 is 0 Å². The van der Waals surface area contributed by atoms with Gasteiger partial charge in [0.15, 0.2) is 0 Å². The molecule has 3 heterocycles. The van der Waals surface area contributed by atoms with Gasteiger partial charge in [0.25, 0.3) is 0 Å². The standard InChI is InChI=1S/C23H25FN2/c1-15-4-3-5-16(12-15)10-11-26-20-8-6-17(24)13-19(20)23-21-9-7-18(25(21)2)14-22(23)26/h3-6,8,12-13,18,21H,7,9-11,14H2,1-2H3. The molecule has 3 aromatic rings. The van der Waals surface area contributed by atoms with E-state index in [-0.39, 0.29) is 5.82 Å². The Kier molecular flexibility index (Phi) is 3.68. The fraction of sp³-hybridized carbons (Fsp3) is 0.391. The number of benzene rings is 2. The Morgan fingerprint density at radius 2 is 2.00 bits per heavy atom. The molecule has 0 aliphatic carbocycles. The van der Waals surface area contributed by atoms with Crippen LogP contribution in [0.25, 0.3) is 10.9 Å². The first-order valence-corrected chi connectivity index (χ1v) is 9.70. The zero-order valence-electron chi connectivity index (χ0n) is 15.5. The van der Waals surface area contributed by atoms with Crippen LogP contribution in [0.4, 0.5) is 4.39 Å². The Bertz CT molecular complexity index is 987. The highest BCUT2D eigenvalue weighted by molar-refractivity contribution is 5.86. The minimum atomic E-state index is -0.126. The van der Waals surface area contributed by atoms with Crippen LogP contribution in [0.3, 0.4) is 0 Å². The molecule has 2 unspecified atom stereocenters. The lowest BCUT2D eigenvalue weighted by molar-refractivity contribution is 0.222. The van der Waals surface area contributed by atoms with Crippen molar-refractivity contribution in [2.24, 2.45) is 0 Å². The second-order valence-corrected chi connectivity index (χ2v) is 8.03. The molecule has 0 spiro atoms. The first kappa shape index (κ1) is 16.1. The molecule has 1 aromatic heterocycles. The van der Waals surface area contributed by atoms with Gasteiger partial charge in [0, 0.05) is 41.6 Å². The molecule has 2 aliphatic heterocycles. The predicted octanol–water partition coefficient (Wildman–Crippen LogP) is 5.02. The Hall–Kier alpha value is -2.13. The summed E-state index contributed by atoms with van der Waals surface area (Å²) in [5.74, 6) is -0.126. The van der Waals surface area contributed by atoms with Gasteiger partial charge in [-0.3, -0.25) is 4.90 Å². The first-order chi connectivity index (χ1) is 12.6. The van der Waals surface area contributed by atoms with Crippen molar-refractivity contribution in [3.63, 3.8) is 0 Å². The third kappa shape index (κ3) is 2.41. The summed E-state index contributed by atoms with van der Waals surface area (Å²) in [6, 6.07) is 15.2. The van der Waals surface area contributed by atoms with Crippen molar-refractivity contribution in [2.45, 2.75) is 51.2 Å². The lowest BCUT2D eigenvalue weighted by Gasteiger charge is -2.32. The number of nitrogens with zero attached hydrogens (tertiary/aromatic N) is 2. The van der Waals surface area contributed by atoms with Gasteiger partial charge in [-0.25, -0.2) is 4.39 Å². The average Bonchev–Trinajstić information content (AvgIpc) is 3.03. The minimum absolute atomic E-state index is 0.126. The lowest BCUT2D eigenvalue weighted by Crippen LogP contribution is -2.34. The van der Waals surface area contributed by atoms with E-state index in [1.807, 2.05) is 6.07 Å². The number of hydrogen-bond acceptors (Lipinski definition) is 1. The summed E-state index contributed by atoms with van der Waals surface area (Å²) in [6.07, 6.45) is 4.55. The van der Waals surface area contributed by atoms with E-state index >= 15 is 0 Å². The number of likely N-dealkylation sites (N-methyl/N-ethyl adjacent to an activating group) is 1. The van der Waals surface area contributed by atoms with E-state index in [1.54, 1.807) is 12.1 Å². The molecule has 2 atom stereocenters. The van der Waals surface area contributed by atoms with E-state index in [2.05, 4.69) is 47.7 Å². The number of halogens is 1. The molecule has 5 rings (SSSR count). The van der Waals surface area contributed by atoms with Crippen LogP contribution in [-0.4, -0.2) is 22.6 Å². The van der Waals surface area contributed by atoms with Gasteiger partial charge in [-0.05, 0) is 62.6 Å². The molecule has 1 fully saturated rings. The Labute approximate surface area is 154 Å². The van der Waals surface area contributed by atoms with Crippen LogP contribution in [0.2, 0.25) is 0 Å². The number of rotatable bonds is 3. The summed E-state index contributed by atoms with van der Waals surface area (Å²) < 4.78 is 16.5. The Morgan fingerprint density at radius 1 is 1.12 bits per heavy atom. The maximum absolute atomic E-state index is 14.0. The minimum Gasteiger partial charge on any atom is -0.344 e. The summed E-state index contributed by atoms with van der Waals surface area (Å²) in [5, 5.41) is 1.13. The summed E-state index contributed by atoms with van der Waals surface area (Å²) in [4.78, 5) is 2.51. The Balaban J connectivity index is 1.60. The van der Waals surface area contributed by atoms with E-state index in [0.29, 0.717) is 12.1 Å². The third-order valence-electron chi connectivity index (χ3n) is 6.49. The average molecular weight is 348 g/mol. The summed E-state index contributed by atoms with van der Waals surface area (Å²) in [7, 11) is 2.24. The Morgan fingerprint density at radius 3 is 2.85 bits per heavy atom. The van der Waals surface area contributed by atoms with Gasteiger partial charge in [-0.15, -0.1) is 0 Å². The molecule has 0 radical (unpaired) electrons. The van der Waals surface area contributed by atoms with Crippen LogP contribution in [0.1, 0.15) is 41.3 Å². The summed E-state index contributed by atoms with van der Waals surface area (Å²) in [6.45, 7) is 3.11. The molecule has 2 bridgehead atoms. The zero-order valence-corrected chi connectivity index (χ0v) is 15.5. The predicted molar refractivity (Wildman–Crippen MR) is 104 cm³/mol. The molecule has 2 aliphatic rings. The first-order valence-electron chi connectivity index (χ1n) is 9.70. The SMILES string of the molecule is Cc1cccc(CCn2c3c(c4cc(F)ccc42)C2CCC(C3)N2C)c1. The van der Waals surface area contributed by atoms with Crippen LogP contribution in [0, 0.1) is 12.7 Å². The van der Waals surface area contributed by atoms with Crippen molar-refractivity contribution in [1.29, 1.82) is 0 Å². The van der Waals surface area contributed by atoms with E-state index in [1.165, 1.54) is 40.7 Å². The molecule has 0 N–H and O–H groups in total. The molecule has 1 saturated heterocycles. The highest BCUT2D eigenvalue weighted by atomic mass is 19.1. The molecular formula is C23H25FN2. The lowest BCUT2D eigenvalue weighted by atomic mass is 9.97. The second-order valence-electron chi connectivity index (χ2n) is 8.03. The highest BCUT2D eigenvalue weighted by Crippen LogP contribution is 2.46. The molecule has 0 saturated carbocycles. The number of fused-ring (bicyclic) bond motifs is 6. The molecule has 26 heavy (non-hydrogen) atoms. The van der Waals surface area contributed by atoms with E-state index in [9.17, 15) is 4.39 Å². The molecule has 2 nitrogen and oxygen atoms in total. The maximum Gasteiger partial charge on any atom is 0.123 e. The van der Waals surface area contributed by atoms with Crippen molar-refractivity contribution < 1.29 is 4.39 Å². The van der Waals surface area contributed by atoms with Crippen LogP contribution in [0.5, 0.6) is 0 Å². The fourth-order valence-electron chi connectivity index (χ4n) is 5.19. The number of aryl methyl sites for hydroxylation is 3. The van der Waals surface area contributed by atoms with E-state index < -0.39 is 0 Å². The quantitative estimate of drug-likeness (QED) is 0.645.